The van der Waals surface area contributed by atoms with Crippen LogP contribution in [0.25, 0.3) is 0 Å². The number of hydrogen-bond donors (Lipinski definition) is 2. The number of amides is 3. The number of alkyl carbamates (subject to hydrolysis) is 1. The van der Waals surface area contributed by atoms with Gasteiger partial charge >= 0.3 is 6.09 Å². The zero-order chi connectivity index (χ0) is 20.4. The van der Waals surface area contributed by atoms with Gasteiger partial charge in [0.05, 0.1) is 12.2 Å². The fourth-order valence-electron chi connectivity index (χ4n) is 3.24. The van der Waals surface area contributed by atoms with E-state index in [0.717, 1.165) is 35.4 Å². The molecule has 3 rings (SSSR count). The molecule has 9 heteroatoms. The normalized spacial score (nSPS) is 15.6. The molecule has 2 heterocycles. The Balaban J connectivity index is 1.92. The highest BCUT2D eigenvalue weighted by molar-refractivity contribution is 7.17. The quantitative estimate of drug-likeness (QED) is 0.815. The van der Waals surface area contributed by atoms with Crippen LogP contribution in [0.3, 0.4) is 0 Å². The van der Waals surface area contributed by atoms with Gasteiger partial charge in [0.1, 0.15) is 5.00 Å². The predicted molar refractivity (Wildman–Crippen MR) is 106 cm³/mol. The number of carbonyl (C=O) groups excluding carboxylic acids is 3. The summed E-state index contributed by atoms with van der Waals surface area (Å²) in [6.07, 6.45) is 1.74. The molecule has 0 saturated heterocycles. The average Bonchev–Trinajstić information content (AvgIpc) is 3.14. The second-order valence-electron chi connectivity index (χ2n) is 6.98. The number of carbonyl (C=O) groups is 3. The molecule has 2 N–H and O–H groups in total. The predicted octanol–water partition coefficient (Wildman–Crippen LogP) is 3.05. The molecule has 28 heavy (non-hydrogen) atoms. The highest BCUT2D eigenvalue weighted by Crippen LogP contribution is 2.39. The third-order valence-corrected chi connectivity index (χ3v) is 5.97. The van der Waals surface area contributed by atoms with Crippen LogP contribution in [0.2, 0.25) is 0 Å². The van der Waals surface area contributed by atoms with Crippen molar-refractivity contribution in [2.75, 3.05) is 11.9 Å². The van der Waals surface area contributed by atoms with Gasteiger partial charge in [-0.2, -0.15) is 5.10 Å². The standard InChI is InChI=1S/C19H24N4O4S/c1-5-27-19(26)21-17(25)15-12-7-6-10(2)8-14(12)28-18(15)20-16(24)13-9-11(3)23(4)22-13/h9-10H,5-8H2,1-4H3,(H,20,24)(H,21,25,26). The summed E-state index contributed by atoms with van der Waals surface area (Å²) in [5.74, 6) is -0.437. The number of imide groups is 1. The van der Waals surface area contributed by atoms with E-state index in [-0.39, 0.29) is 18.2 Å². The molecule has 0 fully saturated rings. The molecule has 0 radical (unpaired) electrons. The molecule has 2 aromatic heterocycles. The van der Waals surface area contributed by atoms with Crippen molar-refractivity contribution >= 4 is 34.2 Å². The maximum Gasteiger partial charge on any atom is 0.414 e. The van der Waals surface area contributed by atoms with Gasteiger partial charge in [-0.05, 0) is 50.7 Å². The molecule has 1 atom stereocenters. The molecule has 0 saturated carbocycles. The molecular weight excluding hydrogens is 380 g/mol. The third-order valence-electron chi connectivity index (χ3n) is 4.80. The molecule has 1 unspecified atom stereocenters. The highest BCUT2D eigenvalue weighted by Gasteiger charge is 2.29. The molecule has 2 aromatic rings. The van der Waals surface area contributed by atoms with Gasteiger partial charge < -0.3 is 10.1 Å². The third kappa shape index (κ3) is 4.09. The van der Waals surface area contributed by atoms with Crippen molar-refractivity contribution in [1.29, 1.82) is 0 Å². The van der Waals surface area contributed by atoms with Gasteiger partial charge in [0.15, 0.2) is 5.69 Å². The smallest absolute Gasteiger partial charge is 0.414 e. The van der Waals surface area contributed by atoms with Crippen molar-refractivity contribution in [1.82, 2.24) is 15.1 Å². The topological polar surface area (TPSA) is 102 Å². The van der Waals surface area contributed by atoms with Crippen LogP contribution in [-0.4, -0.2) is 34.3 Å². The Hall–Kier alpha value is -2.68. The lowest BCUT2D eigenvalue weighted by atomic mass is 9.88. The molecule has 0 aromatic carbocycles. The summed E-state index contributed by atoms with van der Waals surface area (Å²) >= 11 is 1.39. The van der Waals surface area contributed by atoms with Gasteiger partial charge in [-0.15, -0.1) is 11.3 Å². The van der Waals surface area contributed by atoms with Gasteiger partial charge in [-0.1, -0.05) is 6.92 Å². The van der Waals surface area contributed by atoms with Crippen LogP contribution in [0.15, 0.2) is 6.07 Å². The molecule has 8 nitrogen and oxygen atoms in total. The van der Waals surface area contributed by atoms with Crippen molar-refractivity contribution in [3.8, 4) is 0 Å². The lowest BCUT2D eigenvalue weighted by molar-refractivity contribution is 0.0925. The highest BCUT2D eigenvalue weighted by atomic mass is 32.1. The van der Waals surface area contributed by atoms with Crippen LogP contribution in [0.1, 0.15) is 57.2 Å². The van der Waals surface area contributed by atoms with E-state index in [9.17, 15) is 14.4 Å². The maximum atomic E-state index is 12.8. The lowest BCUT2D eigenvalue weighted by Crippen LogP contribution is -2.32. The van der Waals surface area contributed by atoms with Crippen LogP contribution < -0.4 is 10.6 Å². The van der Waals surface area contributed by atoms with Crippen LogP contribution in [0.5, 0.6) is 0 Å². The summed E-state index contributed by atoms with van der Waals surface area (Å²) in [5, 5.41) is 9.68. The minimum atomic E-state index is -0.797. The second kappa shape index (κ2) is 8.14. The minimum Gasteiger partial charge on any atom is -0.450 e. The number of thiophene rings is 1. The van der Waals surface area contributed by atoms with E-state index in [1.165, 1.54) is 11.3 Å². The van der Waals surface area contributed by atoms with Crippen molar-refractivity contribution in [2.45, 2.75) is 40.0 Å². The molecule has 1 aliphatic rings. The zero-order valence-corrected chi connectivity index (χ0v) is 17.2. The number of rotatable bonds is 4. The number of ether oxygens (including phenoxy) is 1. The molecule has 0 bridgehead atoms. The zero-order valence-electron chi connectivity index (χ0n) is 16.4. The number of anilines is 1. The van der Waals surface area contributed by atoms with Crippen molar-refractivity contribution in [3.05, 3.63) is 33.5 Å². The average molecular weight is 404 g/mol. The van der Waals surface area contributed by atoms with E-state index in [1.807, 2.05) is 6.92 Å². The number of fused-ring (bicyclic) bond motifs is 1. The number of hydrogen-bond acceptors (Lipinski definition) is 6. The molecule has 1 aliphatic carbocycles. The minimum absolute atomic E-state index is 0.168. The molecule has 150 valence electrons. The number of nitrogens with one attached hydrogen (secondary N) is 2. The van der Waals surface area contributed by atoms with E-state index in [1.54, 1.807) is 24.7 Å². The van der Waals surface area contributed by atoms with Crippen molar-refractivity contribution in [2.24, 2.45) is 13.0 Å². The number of nitrogens with zero attached hydrogens (tertiary/aromatic N) is 2. The number of aryl methyl sites for hydroxylation is 2. The van der Waals surface area contributed by atoms with E-state index in [4.69, 9.17) is 4.74 Å². The fraction of sp³-hybridized carbons (Fsp3) is 0.474. The Labute approximate surface area is 167 Å². The first-order chi connectivity index (χ1) is 13.3. The Morgan fingerprint density at radius 3 is 2.75 bits per heavy atom. The largest absolute Gasteiger partial charge is 0.450 e. The van der Waals surface area contributed by atoms with Gasteiger partial charge in [-0.25, -0.2) is 4.79 Å². The molecular formula is C19H24N4O4S. The first kappa shape index (κ1) is 20.1. The summed E-state index contributed by atoms with van der Waals surface area (Å²) in [5.41, 5.74) is 2.37. The van der Waals surface area contributed by atoms with Gasteiger partial charge in [0.25, 0.3) is 11.8 Å². The summed E-state index contributed by atoms with van der Waals surface area (Å²) in [4.78, 5) is 38.2. The summed E-state index contributed by atoms with van der Waals surface area (Å²) in [7, 11) is 1.76. The Morgan fingerprint density at radius 2 is 2.11 bits per heavy atom. The molecule has 3 amide bonds. The summed E-state index contributed by atoms with van der Waals surface area (Å²) in [6, 6.07) is 1.68. The van der Waals surface area contributed by atoms with Crippen LogP contribution in [0, 0.1) is 12.8 Å². The summed E-state index contributed by atoms with van der Waals surface area (Å²) in [6.45, 7) is 5.85. The lowest BCUT2D eigenvalue weighted by Gasteiger charge is -2.18. The van der Waals surface area contributed by atoms with E-state index >= 15 is 0 Å². The Bertz CT molecular complexity index is 911. The Morgan fingerprint density at radius 1 is 1.36 bits per heavy atom. The monoisotopic (exact) mass is 404 g/mol. The Kier molecular flexibility index (Phi) is 5.83. The fourth-order valence-corrected chi connectivity index (χ4v) is 4.64. The second-order valence-corrected chi connectivity index (χ2v) is 8.08. The van der Waals surface area contributed by atoms with Crippen LogP contribution in [0.4, 0.5) is 9.80 Å². The molecule has 0 spiro atoms. The van der Waals surface area contributed by atoms with Crippen LogP contribution in [-0.2, 0) is 24.6 Å². The van der Waals surface area contributed by atoms with Crippen molar-refractivity contribution in [3.63, 3.8) is 0 Å². The van der Waals surface area contributed by atoms with Gasteiger partial charge in [0.2, 0.25) is 0 Å². The van der Waals surface area contributed by atoms with E-state index < -0.39 is 12.0 Å². The van der Waals surface area contributed by atoms with Crippen LogP contribution >= 0.6 is 11.3 Å². The first-order valence-corrected chi connectivity index (χ1v) is 10.1. The van der Waals surface area contributed by atoms with Gasteiger partial charge in [0, 0.05) is 17.6 Å². The van der Waals surface area contributed by atoms with E-state index in [0.29, 0.717) is 16.5 Å². The SMILES string of the molecule is CCOC(=O)NC(=O)c1c(NC(=O)c2cc(C)n(C)n2)sc2c1CCC(C)C2. The van der Waals surface area contributed by atoms with E-state index in [2.05, 4.69) is 22.7 Å². The summed E-state index contributed by atoms with van der Waals surface area (Å²) < 4.78 is 6.43. The van der Waals surface area contributed by atoms with Crippen molar-refractivity contribution < 1.29 is 19.1 Å². The van der Waals surface area contributed by atoms with Gasteiger partial charge in [-0.3, -0.25) is 19.6 Å². The molecule has 0 aliphatic heterocycles. The first-order valence-electron chi connectivity index (χ1n) is 9.24. The maximum absolute atomic E-state index is 12.8. The number of aromatic nitrogens is 2.